The molecule has 1 saturated heterocycles. The highest BCUT2D eigenvalue weighted by Gasteiger charge is 2.26. The van der Waals surface area contributed by atoms with Gasteiger partial charge in [-0.05, 0) is 60.6 Å². The average molecular weight is 425 g/mol. The second-order valence-electron chi connectivity index (χ2n) is 7.75. The highest BCUT2D eigenvalue weighted by atomic mass is 35.5. The zero-order valence-electron chi connectivity index (χ0n) is 17.1. The van der Waals surface area contributed by atoms with Crippen LogP contribution in [0.1, 0.15) is 48.1 Å². The van der Waals surface area contributed by atoms with Crippen molar-refractivity contribution >= 4 is 29.1 Å². The number of hydrogen-bond donors (Lipinski definition) is 0. The van der Waals surface area contributed by atoms with Crippen LogP contribution < -0.4 is 0 Å². The van der Waals surface area contributed by atoms with E-state index in [9.17, 15) is 9.59 Å². The molecule has 0 radical (unpaired) electrons. The molecule has 0 atom stereocenters. The van der Waals surface area contributed by atoms with Gasteiger partial charge in [0.25, 0.3) is 0 Å². The Kier molecular flexibility index (Phi) is 6.18. The predicted molar refractivity (Wildman–Crippen MR) is 116 cm³/mol. The highest BCUT2D eigenvalue weighted by Crippen LogP contribution is 2.38. The minimum Gasteiger partial charge on any atom is -0.469 e. The van der Waals surface area contributed by atoms with Crippen molar-refractivity contribution in [3.63, 3.8) is 0 Å². The number of nitrogens with zero attached hydrogens (tertiary/aromatic N) is 2. The maximum atomic E-state index is 12.5. The van der Waals surface area contributed by atoms with Crippen LogP contribution in [0.2, 0.25) is 5.02 Å². The number of fused-ring (bicyclic) bond motifs is 2. The van der Waals surface area contributed by atoms with Gasteiger partial charge in [0, 0.05) is 36.3 Å². The summed E-state index contributed by atoms with van der Waals surface area (Å²) in [7, 11) is 1.34. The molecule has 1 aromatic carbocycles. The number of aryl methyl sites for hydroxylation is 2. The number of esters is 1. The predicted octanol–water partition coefficient (Wildman–Crippen LogP) is 4.21. The van der Waals surface area contributed by atoms with Crippen molar-refractivity contribution < 1.29 is 14.3 Å². The third-order valence-corrected chi connectivity index (χ3v) is 6.21. The second-order valence-corrected chi connectivity index (χ2v) is 8.18. The maximum Gasteiger partial charge on any atom is 0.306 e. The zero-order valence-corrected chi connectivity index (χ0v) is 17.9. The minimum atomic E-state index is -0.348. The molecule has 6 heteroatoms. The molecule has 1 aromatic heterocycles. The number of carbonyl (C=O) groups excluding carboxylic acids is 2. The molecule has 0 bridgehead atoms. The first kappa shape index (κ1) is 20.6. The first-order valence-electron chi connectivity index (χ1n) is 10.4. The van der Waals surface area contributed by atoms with E-state index in [0.29, 0.717) is 13.1 Å². The van der Waals surface area contributed by atoms with Crippen molar-refractivity contribution in [3.05, 3.63) is 69.5 Å². The van der Waals surface area contributed by atoms with Crippen LogP contribution in [-0.2, 0) is 27.2 Å². The van der Waals surface area contributed by atoms with Crippen LogP contribution in [0, 0.1) is 0 Å². The van der Waals surface area contributed by atoms with E-state index >= 15 is 0 Å². The number of methoxy groups -OCH3 is 1. The molecule has 4 rings (SSSR count). The standard InChI is InChI=1S/C24H25ClN2O3/c1-30-22(29)9-8-21(28)27-13-10-16(11-14-27)23-20-7-6-19(25)15-18(20)5-4-17-3-2-12-26-24(17)23/h2-3,6-7,12,15H,4-5,8-11,13-14H2,1H3. The number of ether oxygens (including phenoxy) is 1. The SMILES string of the molecule is COC(=O)CCC(=O)N1CCC(=C2c3ccc(Cl)cc3CCc3cccnc32)CC1. The fraction of sp³-hybridized carbons (Fsp3) is 0.375. The van der Waals surface area contributed by atoms with Crippen LogP contribution in [0.5, 0.6) is 0 Å². The highest BCUT2D eigenvalue weighted by molar-refractivity contribution is 6.30. The summed E-state index contributed by atoms with van der Waals surface area (Å²) in [6.45, 7) is 1.31. The van der Waals surface area contributed by atoms with Gasteiger partial charge >= 0.3 is 5.97 Å². The largest absolute Gasteiger partial charge is 0.469 e. The molecule has 156 valence electrons. The van der Waals surface area contributed by atoms with Crippen LogP contribution in [0.4, 0.5) is 0 Å². The number of rotatable bonds is 3. The van der Waals surface area contributed by atoms with E-state index in [2.05, 4.69) is 22.9 Å². The summed E-state index contributed by atoms with van der Waals surface area (Å²) < 4.78 is 4.64. The normalized spacial score (nSPS) is 15.9. The third-order valence-electron chi connectivity index (χ3n) is 5.97. The molecule has 0 unspecified atom stereocenters. The molecule has 1 aliphatic carbocycles. The molecule has 2 aromatic rings. The molecule has 0 saturated carbocycles. The van der Waals surface area contributed by atoms with Gasteiger partial charge in [-0.25, -0.2) is 0 Å². The second kappa shape index (κ2) is 9.00. The van der Waals surface area contributed by atoms with Gasteiger partial charge in [0.2, 0.25) is 5.91 Å². The number of hydrogen-bond acceptors (Lipinski definition) is 4. The molecule has 0 spiro atoms. The van der Waals surface area contributed by atoms with Crippen molar-refractivity contribution in [3.8, 4) is 0 Å². The Morgan fingerprint density at radius 3 is 2.60 bits per heavy atom. The van der Waals surface area contributed by atoms with E-state index < -0.39 is 0 Å². The van der Waals surface area contributed by atoms with Gasteiger partial charge in [-0.2, -0.15) is 0 Å². The van der Waals surface area contributed by atoms with E-state index in [1.807, 2.05) is 23.2 Å². The van der Waals surface area contributed by atoms with Gasteiger partial charge in [-0.3, -0.25) is 14.6 Å². The average Bonchev–Trinajstić information content (AvgIpc) is 2.94. The van der Waals surface area contributed by atoms with E-state index in [0.717, 1.165) is 36.4 Å². The number of halogens is 1. The number of piperidine rings is 1. The Labute approximate surface area is 181 Å². The summed E-state index contributed by atoms with van der Waals surface area (Å²) in [5.74, 6) is -0.337. The van der Waals surface area contributed by atoms with Crippen molar-refractivity contribution in [2.75, 3.05) is 20.2 Å². The summed E-state index contributed by atoms with van der Waals surface area (Å²) in [6.07, 6.45) is 5.66. The lowest BCUT2D eigenvalue weighted by atomic mass is 9.88. The molecule has 1 fully saturated rings. The summed E-state index contributed by atoms with van der Waals surface area (Å²) in [6, 6.07) is 10.3. The maximum absolute atomic E-state index is 12.5. The van der Waals surface area contributed by atoms with Gasteiger partial charge in [0.1, 0.15) is 0 Å². The number of amides is 1. The molecule has 5 nitrogen and oxygen atoms in total. The third kappa shape index (κ3) is 4.26. The Bertz CT molecular complexity index is 1010. The lowest BCUT2D eigenvalue weighted by Crippen LogP contribution is -2.36. The Morgan fingerprint density at radius 1 is 1.07 bits per heavy atom. The minimum absolute atomic E-state index is 0.0102. The van der Waals surface area contributed by atoms with Crippen molar-refractivity contribution in [2.45, 2.75) is 38.5 Å². The molecule has 2 heterocycles. The number of carbonyl (C=O) groups is 2. The quantitative estimate of drug-likeness (QED) is 0.692. The van der Waals surface area contributed by atoms with E-state index in [-0.39, 0.29) is 24.7 Å². The molecular formula is C24H25ClN2O3. The summed E-state index contributed by atoms with van der Waals surface area (Å²) >= 11 is 6.28. The number of likely N-dealkylation sites (tertiary alicyclic amines) is 1. The van der Waals surface area contributed by atoms with Gasteiger partial charge < -0.3 is 9.64 Å². The van der Waals surface area contributed by atoms with E-state index in [1.165, 1.54) is 34.9 Å². The van der Waals surface area contributed by atoms with Crippen LogP contribution >= 0.6 is 11.6 Å². The van der Waals surface area contributed by atoms with Crippen LogP contribution in [-0.4, -0.2) is 42.0 Å². The van der Waals surface area contributed by atoms with E-state index in [1.54, 1.807) is 0 Å². The molecule has 2 aliphatic rings. The van der Waals surface area contributed by atoms with Crippen LogP contribution in [0.15, 0.2) is 42.1 Å². The lowest BCUT2D eigenvalue weighted by molar-refractivity contribution is -0.143. The molecule has 0 N–H and O–H groups in total. The van der Waals surface area contributed by atoms with Crippen molar-refractivity contribution in [1.82, 2.24) is 9.88 Å². The number of pyridine rings is 1. The Morgan fingerprint density at radius 2 is 1.83 bits per heavy atom. The van der Waals surface area contributed by atoms with E-state index in [4.69, 9.17) is 16.6 Å². The first-order valence-corrected chi connectivity index (χ1v) is 10.7. The van der Waals surface area contributed by atoms with Crippen molar-refractivity contribution in [2.24, 2.45) is 0 Å². The smallest absolute Gasteiger partial charge is 0.306 e. The zero-order chi connectivity index (χ0) is 21.1. The fourth-order valence-electron chi connectivity index (χ4n) is 4.38. The Hall–Kier alpha value is -2.66. The van der Waals surface area contributed by atoms with Gasteiger partial charge in [-0.1, -0.05) is 29.3 Å². The van der Waals surface area contributed by atoms with Crippen molar-refractivity contribution in [1.29, 1.82) is 0 Å². The molecule has 1 aliphatic heterocycles. The fourth-order valence-corrected chi connectivity index (χ4v) is 4.57. The Balaban J connectivity index is 1.62. The number of aromatic nitrogens is 1. The monoisotopic (exact) mass is 424 g/mol. The van der Waals surface area contributed by atoms with Gasteiger partial charge in [-0.15, -0.1) is 0 Å². The van der Waals surface area contributed by atoms with Gasteiger partial charge in [0.15, 0.2) is 0 Å². The summed E-state index contributed by atoms with van der Waals surface area (Å²) in [5, 5.41) is 0.753. The van der Waals surface area contributed by atoms with Crippen LogP contribution in [0.3, 0.4) is 0 Å². The molecular weight excluding hydrogens is 400 g/mol. The summed E-state index contributed by atoms with van der Waals surface area (Å²) in [4.78, 5) is 30.4. The number of benzene rings is 1. The first-order chi connectivity index (χ1) is 14.6. The topological polar surface area (TPSA) is 59.5 Å². The lowest BCUT2D eigenvalue weighted by Gasteiger charge is -2.30. The van der Waals surface area contributed by atoms with Crippen LogP contribution in [0.25, 0.3) is 5.57 Å². The summed E-state index contributed by atoms with van der Waals surface area (Å²) in [5.41, 5.74) is 7.30. The van der Waals surface area contributed by atoms with Gasteiger partial charge in [0.05, 0.1) is 19.2 Å². The molecule has 30 heavy (non-hydrogen) atoms. The molecule has 1 amide bonds.